The fraction of sp³-hybridized carbons (Fsp3) is 0.474. The van der Waals surface area contributed by atoms with Crippen LogP contribution in [0.2, 0.25) is 0 Å². The van der Waals surface area contributed by atoms with E-state index in [-0.39, 0.29) is 28.6 Å². The molecule has 0 bridgehead atoms. The zero-order valence-corrected chi connectivity index (χ0v) is 15.1. The molecule has 3 aliphatic rings. The van der Waals surface area contributed by atoms with Crippen LogP contribution in [0.1, 0.15) is 53.7 Å². The van der Waals surface area contributed by atoms with Crippen LogP contribution < -0.4 is 5.32 Å². The van der Waals surface area contributed by atoms with Gasteiger partial charge in [-0.05, 0) is 48.4 Å². The van der Waals surface area contributed by atoms with Gasteiger partial charge in [-0.1, -0.05) is 19.9 Å². The van der Waals surface area contributed by atoms with Crippen molar-refractivity contribution in [1.29, 1.82) is 0 Å². The Morgan fingerprint density at radius 1 is 1.00 bits per heavy atom. The molecule has 1 N–H and O–H groups in total. The minimum atomic E-state index is -1.38. The van der Waals surface area contributed by atoms with Crippen LogP contribution in [-0.2, 0) is 34.9 Å². The molecule has 0 spiro atoms. The van der Waals surface area contributed by atoms with E-state index in [1.165, 1.54) is 11.1 Å². The average molecular weight is 345 g/mol. The van der Waals surface area contributed by atoms with E-state index in [1.807, 2.05) is 26.0 Å². The van der Waals surface area contributed by atoms with Crippen LogP contribution in [0.3, 0.4) is 0 Å². The Bertz CT molecular complexity index is 764. The van der Waals surface area contributed by atoms with E-state index >= 15 is 0 Å². The number of carbonyl (C=O) groups is 2. The number of hydrogen-bond acceptors (Lipinski definition) is 4. The molecule has 1 heterocycles. The molecule has 0 aromatic heterocycles. The number of nitrogens with one attached hydrogen (secondary N) is 1. The molecule has 4 nitrogen and oxygen atoms in total. The molecule has 1 aromatic rings. The molecule has 5 heteroatoms. The molecule has 0 saturated heterocycles. The first kappa shape index (κ1) is 17.1. The molecule has 1 aliphatic heterocycles. The van der Waals surface area contributed by atoms with Crippen molar-refractivity contribution in [3.63, 3.8) is 0 Å². The number of ketones is 2. The largest absolute Gasteiger partial charge is 0.380 e. The summed E-state index contributed by atoms with van der Waals surface area (Å²) in [7, 11) is -1.38. The van der Waals surface area contributed by atoms with Gasteiger partial charge in [0.1, 0.15) is 4.91 Å². The number of carbonyl (C=O) groups excluding carboxylic acids is 2. The van der Waals surface area contributed by atoms with Gasteiger partial charge in [-0.25, -0.2) is 0 Å². The maximum atomic E-state index is 12.9. The molecule has 1 atom stereocenters. The van der Waals surface area contributed by atoms with Crippen molar-refractivity contribution < 1.29 is 13.8 Å². The van der Waals surface area contributed by atoms with E-state index in [9.17, 15) is 13.8 Å². The zero-order chi connectivity index (χ0) is 17.3. The van der Waals surface area contributed by atoms with E-state index in [0.717, 1.165) is 31.2 Å². The molecule has 1 aromatic carbocycles. The Hall–Kier alpha value is -1.75. The number of benzene rings is 1. The van der Waals surface area contributed by atoms with Gasteiger partial charge in [-0.3, -0.25) is 13.8 Å². The highest BCUT2D eigenvalue weighted by Gasteiger charge is 2.34. The molecule has 0 saturated carbocycles. The minimum absolute atomic E-state index is 0.120. The third kappa shape index (κ3) is 2.86. The molecule has 0 fully saturated rings. The quantitative estimate of drug-likeness (QED) is 0.784. The minimum Gasteiger partial charge on any atom is -0.380 e. The molecule has 0 amide bonds. The second kappa shape index (κ2) is 7.01. The number of fused-ring (bicyclic) bond motifs is 2. The molecule has 2 aliphatic carbocycles. The predicted octanol–water partition coefficient (Wildman–Crippen LogP) is 2.46. The van der Waals surface area contributed by atoms with Crippen molar-refractivity contribution in [3.05, 3.63) is 45.0 Å². The summed E-state index contributed by atoms with van der Waals surface area (Å²) in [5.41, 5.74) is 4.13. The smallest absolute Gasteiger partial charge is 0.204 e. The van der Waals surface area contributed by atoms with Crippen LogP contribution in [0.15, 0.2) is 22.7 Å². The lowest BCUT2D eigenvalue weighted by Crippen LogP contribution is -2.34. The van der Waals surface area contributed by atoms with E-state index < -0.39 is 10.8 Å². The van der Waals surface area contributed by atoms with Gasteiger partial charge in [0, 0.05) is 24.3 Å². The standard InChI is InChI=1S/C17H17NO3S.C2H6/c19-14-9-12-7-10-3-1-2-4-11(10)8-13(12)16(20)17-15(14)18-5-6-22(17)21;1-2/h7-8,18H,1-6,9H2;1-2H3. The van der Waals surface area contributed by atoms with Crippen molar-refractivity contribution in [2.24, 2.45) is 0 Å². The lowest BCUT2D eigenvalue weighted by atomic mass is 9.86. The Morgan fingerprint density at radius 2 is 1.67 bits per heavy atom. The SMILES string of the molecule is CC.O=C1Cc2cc3c(cc2C(=O)C2=C1NCCS2=O)CCCC3. The monoisotopic (exact) mass is 345 g/mol. The summed E-state index contributed by atoms with van der Waals surface area (Å²) in [5, 5.41) is 2.99. The number of rotatable bonds is 0. The molecular weight excluding hydrogens is 322 g/mol. The fourth-order valence-corrected chi connectivity index (χ4v) is 4.81. The normalized spacial score (nSPS) is 22.3. The number of allylic oxidation sites excluding steroid dienone is 2. The fourth-order valence-electron chi connectivity index (χ4n) is 3.59. The number of aryl methyl sites for hydroxylation is 2. The van der Waals surface area contributed by atoms with Crippen molar-refractivity contribution in [2.45, 2.75) is 46.0 Å². The van der Waals surface area contributed by atoms with Gasteiger partial charge in [-0.2, -0.15) is 0 Å². The van der Waals surface area contributed by atoms with Crippen LogP contribution in [0.25, 0.3) is 0 Å². The van der Waals surface area contributed by atoms with E-state index in [4.69, 9.17) is 0 Å². The molecule has 0 radical (unpaired) electrons. The summed E-state index contributed by atoms with van der Waals surface area (Å²) in [6.07, 6.45) is 4.52. The first-order chi connectivity index (χ1) is 11.6. The van der Waals surface area contributed by atoms with Crippen LogP contribution in [0.4, 0.5) is 0 Å². The maximum absolute atomic E-state index is 12.9. The van der Waals surface area contributed by atoms with Crippen LogP contribution in [0, 0.1) is 0 Å². The lowest BCUT2D eigenvalue weighted by molar-refractivity contribution is -0.115. The van der Waals surface area contributed by atoms with E-state index in [0.29, 0.717) is 17.9 Å². The van der Waals surface area contributed by atoms with Gasteiger partial charge < -0.3 is 5.32 Å². The van der Waals surface area contributed by atoms with E-state index in [2.05, 4.69) is 5.32 Å². The Balaban J connectivity index is 0.000000815. The second-order valence-corrected chi connectivity index (χ2v) is 7.60. The van der Waals surface area contributed by atoms with Gasteiger partial charge in [0.15, 0.2) is 5.78 Å². The van der Waals surface area contributed by atoms with Gasteiger partial charge in [0.05, 0.1) is 16.5 Å². The second-order valence-electron chi connectivity index (χ2n) is 6.09. The van der Waals surface area contributed by atoms with Gasteiger partial charge in [-0.15, -0.1) is 0 Å². The summed E-state index contributed by atoms with van der Waals surface area (Å²) in [6.45, 7) is 4.48. The van der Waals surface area contributed by atoms with Crippen LogP contribution in [-0.4, -0.2) is 28.1 Å². The highest BCUT2D eigenvalue weighted by atomic mass is 32.2. The zero-order valence-electron chi connectivity index (χ0n) is 14.2. The first-order valence-corrected chi connectivity index (χ1v) is 10.1. The predicted molar refractivity (Wildman–Crippen MR) is 95.5 cm³/mol. The van der Waals surface area contributed by atoms with Crippen molar-refractivity contribution >= 4 is 22.4 Å². The Labute approximate surface area is 145 Å². The van der Waals surface area contributed by atoms with Crippen molar-refractivity contribution in [2.75, 3.05) is 12.3 Å². The van der Waals surface area contributed by atoms with Crippen LogP contribution in [0.5, 0.6) is 0 Å². The van der Waals surface area contributed by atoms with Gasteiger partial charge in [0.25, 0.3) is 0 Å². The van der Waals surface area contributed by atoms with Gasteiger partial charge >= 0.3 is 0 Å². The highest BCUT2D eigenvalue weighted by Crippen LogP contribution is 2.31. The summed E-state index contributed by atoms with van der Waals surface area (Å²) >= 11 is 0. The van der Waals surface area contributed by atoms with Crippen molar-refractivity contribution in [1.82, 2.24) is 5.32 Å². The average Bonchev–Trinajstić information content (AvgIpc) is 2.71. The summed E-state index contributed by atoms with van der Waals surface area (Å²) in [5.74, 6) is 0.0404. The topological polar surface area (TPSA) is 63.2 Å². The molecular formula is C19H23NO3S. The Morgan fingerprint density at radius 3 is 2.38 bits per heavy atom. The molecule has 24 heavy (non-hydrogen) atoms. The van der Waals surface area contributed by atoms with Crippen molar-refractivity contribution in [3.8, 4) is 0 Å². The lowest BCUT2D eigenvalue weighted by Gasteiger charge is -2.19. The molecule has 4 rings (SSSR count). The Kier molecular flexibility index (Phi) is 4.99. The van der Waals surface area contributed by atoms with E-state index in [1.54, 1.807) is 0 Å². The summed E-state index contributed by atoms with van der Waals surface area (Å²) in [4.78, 5) is 25.5. The van der Waals surface area contributed by atoms with Crippen LogP contribution >= 0.6 is 0 Å². The molecule has 1 unspecified atom stereocenters. The number of Topliss-reactive ketones (excluding diaryl/α,β-unsaturated/α-hetero) is 2. The third-order valence-corrected chi connectivity index (χ3v) is 6.11. The molecule has 128 valence electrons. The summed E-state index contributed by atoms with van der Waals surface area (Å²) < 4.78 is 12.3. The third-order valence-electron chi connectivity index (χ3n) is 4.69. The summed E-state index contributed by atoms with van der Waals surface area (Å²) in [6, 6.07) is 3.97. The highest BCUT2D eigenvalue weighted by molar-refractivity contribution is 7.90. The number of hydrogen-bond donors (Lipinski definition) is 1. The van der Waals surface area contributed by atoms with Gasteiger partial charge in [0.2, 0.25) is 5.78 Å². The maximum Gasteiger partial charge on any atom is 0.204 e. The first-order valence-electron chi connectivity index (χ1n) is 8.74.